The quantitative estimate of drug-likeness (QED) is 0.846. The number of halogens is 1. The predicted molar refractivity (Wildman–Crippen MR) is 95.7 cm³/mol. The van der Waals surface area contributed by atoms with Gasteiger partial charge in [-0.1, -0.05) is 24.3 Å². The van der Waals surface area contributed by atoms with Crippen LogP contribution in [0.1, 0.15) is 17.5 Å². The summed E-state index contributed by atoms with van der Waals surface area (Å²) in [6, 6.07) is 14.2. The standard InChI is InChI=1S/C20H25FN2O2/c21-18-5-1-17(2-6-18)14-23-11-10-22(15-19(23)9-12-24)13-16-3-7-20(25)8-4-16/h1-8,19,24-25H,9-15H2/t19-/m0/s1. The Labute approximate surface area is 148 Å². The molecule has 1 atom stereocenters. The first-order valence-corrected chi connectivity index (χ1v) is 8.73. The number of rotatable bonds is 6. The molecule has 0 bridgehead atoms. The molecule has 3 rings (SSSR count). The van der Waals surface area contributed by atoms with E-state index in [0.29, 0.717) is 0 Å². The number of hydrogen-bond acceptors (Lipinski definition) is 4. The topological polar surface area (TPSA) is 46.9 Å². The Kier molecular flexibility index (Phi) is 6.02. The van der Waals surface area contributed by atoms with Gasteiger partial charge < -0.3 is 10.2 Å². The van der Waals surface area contributed by atoms with Crippen LogP contribution in [0.2, 0.25) is 0 Å². The summed E-state index contributed by atoms with van der Waals surface area (Å²) in [5.74, 6) is 0.0698. The number of benzene rings is 2. The maximum Gasteiger partial charge on any atom is 0.123 e. The highest BCUT2D eigenvalue weighted by atomic mass is 19.1. The van der Waals surface area contributed by atoms with Crippen LogP contribution in [0.4, 0.5) is 4.39 Å². The van der Waals surface area contributed by atoms with Gasteiger partial charge in [-0.2, -0.15) is 0 Å². The molecule has 0 spiro atoms. The molecule has 2 aromatic rings. The molecule has 0 unspecified atom stereocenters. The summed E-state index contributed by atoms with van der Waals surface area (Å²) in [4.78, 5) is 4.75. The summed E-state index contributed by atoms with van der Waals surface area (Å²) in [6.45, 7) is 4.54. The van der Waals surface area contributed by atoms with Gasteiger partial charge >= 0.3 is 0 Å². The SMILES string of the molecule is OCC[C@H]1CN(Cc2ccc(O)cc2)CCN1Cc1ccc(F)cc1. The van der Waals surface area contributed by atoms with Gasteiger partial charge in [-0.25, -0.2) is 4.39 Å². The van der Waals surface area contributed by atoms with Gasteiger partial charge in [-0.3, -0.25) is 9.80 Å². The van der Waals surface area contributed by atoms with Crippen LogP contribution >= 0.6 is 0 Å². The van der Waals surface area contributed by atoms with Crippen LogP contribution in [0.15, 0.2) is 48.5 Å². The summed E-state index contributed by atoms with van der Waals surface area (Å²) in [5.41, 5.74) is 2.27. The number of piperazine rings is 1. The second kappa shape index (κ2) is 8.43. The van der Waals surface area contributed by atoms with Crippen LogP contribution in [-0.4, -0.2) is 52.3 Å². The van der Waals surface area contributed by atoms with E-state index in [4.69, 9.17) is 0 Å². The fourth-order valence-corrected chi connectivity index (χ4v) is 3.42. The van der Waals surface area contributed by atoms with Gasteiger partial charge in [0.15, 0.2) is 0 Å². The van der Waals surface area contributed by atoms with Crippen molar-refractivity contribution in [3.63, 3.8) is 0 Å². The number of nitrogens with zero attached hydrogens (tertiary/aromatic N) is 2. The molecule has 2 aromatic carbocycles. The van der Waals surface area contributed by atoms with E-state index in [9.17, 15) is 14.6 Å². The van der Waals surface area contributed by atoms with Crippen LogP contribution in [0.5, 0.6) is 5.75 Å². The van der Waals surface area contributed by atoms with Gasteiger partial charge in [0, 0.05) is 45.4 Å². The van der Waals surface area contributed by atoms with Crippen LogP contribution in [0.25, 0.3) is 0 Å². The van der Waals surface area contributed by atoms with E-state index < -0.39 is 0 Å². The summed E-state index contributed by atoms with van der Waals surface area (Å²) < 4.78 is 13.1. The highest BCUT2D eigenvalue weighted by molar-refractivity contribution is 5.25. The summed E-state index contributed by atoms with van der Waals surface area (Å²) in [6.07, 6.45) is 0.729. The lowest BCUT2D eigenvalue weighted by Gasteiger charge is -2.41. The Bertz CT molecular complexity index is 660. The van der Waals surface area contributed by atoms with Crippen LogP contribution in [-0.2, 0) is 13.1 Å². The Morgan fingerprint density at radius 1 is 0.920 bits per heavy atom. The normalized spacial score (nSPS) is 19.2. The second-order valence-electron chi connectivity index (χ2n) is 6.66. The van der Waals surface area contributed by atoms with Gasteiger partial charge in [0.05, 0.1) is 0 Å². The molecule has 0 aliphatic carbocycles. The number of phenols is 1. The van der Waals surface area contributed by atoms with Crippen LogP contribution < -0.4 is 0 Å². The number of aromatic hydroxyl groups is 1. The van der Waals surface area contributed by atoms with E-state index in [1.165, 1.54) is 17.7 Å². The highest BCUT2D eigenvalue weighted by Crippen LogP contribution is 2.19. The lowest BCUT2D eigenvalue weighted by molar-refractivity contribution is 0.0499. The van der Waals surface area contributed by atoms with Crippen molar-refractivity contribution >= 4 is 0 Å². The lowest BCUT2D eigenvalue weighted by Crippen LogP contribution is -2.52. The fourth-order valence-electron chi connectivity index (χ4n) is 3.42. The molecule has 0 aromatic heterocycles. The van der Waals surface area contributed by atoms with E-state index in [1.807, 2.05) is 24.3 Å². The van der Waals surface area contributed by atoms with Crippen molar-refractivity contribution in [2.75, 3.05) is 26.2 Å². The molecule has 134 valence electrons. The Morgan fingerprint density at radius 3 is 2.24 bits per heavy atom. The average Bonchev–Trinajstić information content (AvgIpc) is 2.61. The minimum absolute atomic E-state index is 0.164. The van der Waals surface area contributed by atoms with Crippen molar-refractivity contribution in [3.8, 4) is 5.75 Å². The first-order chi connectivity index (χ1) is 12.1. The van der Waals surface area contributed by atoms with Gasteiger partial charge in [-0.15, -0.1) is 0 Å². The fraction of sp³-hybridized carbons (Fsp3) is 0.400. The Hall–Kier alpha value is -1.95. The third-order valence-electron chi connectivity index (χ3n) is 4.79. The Morgan fingerprint density at radius 2 is 1.56 bits per heavy atom. The van der Waals surface area contributed by atoms with Gasteiger partial charge in [0.1, 0.15) is 11.6 Å². The molecular formula is C20H25FN2O2. The summed E-state index contributed by atoms with van der Waals surface area (Å²) >= 11 is 0. The van der Waals surface area contributed by atoms with E-state index in [2.05, 4.69) is 9.80 Å². The van der Waals surface area contributed by atoms with Crippen molar-refractivity contribution in [2.45, 2.75) is 25.6 Å². The van der Waals surface area contributed by atoms with E-state index in [-0.39, 0.29) is 24.2 Å². The average molecular weight is 344 g/mol. The zero-order chi connectivity index (χ0) is 17.6. The van der Waals surface area contributed by atoms with Crippen LogP contribution in [0, 0.1) is 5.82 Å². The third-order valence-corrected chi connectivity index (χ3v) is 4.79. The monoisotopic (exact) mass is 344 g/mol. The first kappa shape index (κ1) is 17.9. The van der Waals surface area contributed by atoms with Gasteiger partial charge in [0.2, 0.25) is 0 Å². The second-order valence-corrected chi connectivity index (χ2v) is 6.66. The van der Waals surface area contributed by atoms with Crippen molar-refractivity contribution in [1.82, 2.24) is 9.80 Å². The molecule has 1 aliphatic heterocycles. The molecule has 25 heavy (non-hydrogen) atoms. The maximum atomic E-state index is 13.1. The van der Waals surface area contributed by atoms with Crippen molar-refractivity contribution in [2.24, 2.45) is 0 Å². The molecule has 2 N–H and O–H groups in total. The molecule has 0 radical (unpaired) electrons. The molecule has 1 heterocycles. The molecule has 1 saturated heterocycles. The minimum atomic E-state index is -0.214. The molecule has 5 heteroatoms. The predicted octanol–water partition coefficient (Wildman–Crippen LogP) is 2.60. The lowest BCUT2D eigenvalue weighted by atomic mass is 10.1. The molecule has 1 fully saturated rings. The van der Waals surface area contributed by atoms with Gasteiger partial charge in [0.25, 0.3) is 0 Å². The largest absolute Gasteiger partial charge is 0.508 e. The van der Waals surface area contributed by atoms with Crippen molar-refractivity contribution < 1.29 is 14.6 Å². The number of phenolic OH excluding ortho intramolecular Hbond substituents is 1. The Balaban J connectivity index is 1.61. The molecule has 4 nitrogen and oxygen atoms in total. The number of hydrogen-bond donors (Lipinski definition) is 2. The van der Waals surface area contributed by atoms with E-state index >= 15 is 0 Å². The third kappa shape index (κ3) is 5.01. The van der Waals surface area contributed by atoms with Crippen molar-refractivity contribution in [3.05, 3.63) is 65.5 Å². The zero-order valence-corrected chi connectivity index (χ0v) is 14.3. The van der Waals surface area contributed by atoms with Gasteiger partial charge in [-0.05, 0) is 41.8 Å². The maximum absolute atomic E-state index is 13.1. The van der Waals surface area contributed by atoms with Crippen LogP contribution in [0.3, 0.4) is 0 Å². The molecule has 0 saturated carbocycles. The zero-order valence-electron chi connectivity index (χ0n) is 14.3. The molecule has 0 amide bonds. The number of aliphatic hydroxyl groups is 1. The van der Waals surface area contributed by atoms with E-state index in [1.54, 1.807) is 12.1 Å². The summed E-state index contributed by atoms with van der Waals surface area (Å²) in [5, 5.41) is 18.8. The smallest absolute Gasteiger partial charge is 0.123 e. The highest BCUT2D eigenvalue weighted by Gasteiger charge is 2.26. The first-order valence-electron chi connectivity index (χ1n) is 8.73. The van der Waals surface area contributed by atoms with Crippen molar-refractivity contribution in [1.29, 1.82) is 0 Å². The molecule has 1 aliphatic rings. The number of aliphatic hydroxyl groups excluding tert-OH is 1. The van der Waals surface area contributed by atoms with E-state index in [0.717, 1.165) is 44.7 Å². The minimum Gasteiger partial charge on any atom is -0.508 e. The summed E-state index contributed by atoms with van der Waals surface area (Å²) in [7, 11) is 0. The molecular weight excluding hydrogens is 319 g/mol.